The fourth-order valence-corrected chi connectivity index (χ4v) is 3.62. The molecule has 0 saturated heterocycles. The summed E-state index contributed by atoms with van der Waals surface area (Å²) in [7, 11) is -3.35. The second-order valence-corrected chi connectivity index (χ2v) is 8.80. The van der Waals surface area contributed by atoms with Crippen molar-refractivity contribution in [2.24, 2.45) is 0 Å². The second kappa shape index (κ2) is 8.04. The Morgan fingerprint density at radius 2 is 1.97 bits per heavy atom. The summed E-state index contributed by atoms with van der Waals surface area (Å²) in [6, 6.07) is 8.63. The lowest BCUT2D eigenvalue weighted by atomic mass is 10.1. The number of nitrogens with one attached hydrogen (secondary N) is 2. The molecule has 8 nitrogen and oxygen atoms in total. The quantitative estimate of drug-likeness (QED) is 0.642. The third-order valence-electron chi connectivity index (χ3n) is 4.21. The number of nitrogens with zero attached hydrogens (tertiary/aromatic N) is 3. The van der Waals surface area contributed by atoms with Crippen molar-refractivity contribution in [3.8, 4) is 11.3 Å². The van der Waals surface area contributed by atoms with Crippen molar-refractivity contribution < 1.29 is 13.2 Å². The summed E-state index contributed by atoms with van der Waals surface area (Å²) in [5.41, 5.74) is 3.51. The Hall–Kier alpha value is -3.20. The monoisotopic (exact) mass is 413 g/mol. The number of sulfone groups is 1. The molecule has 0 bridgehead atoms. The molecule has 152 valence electrons. The van der Waals surface area contributed by atoms with Gasteiger partial charge in [0.15, 0.2) is 9.84 Å². The maximum absolute atomic E-state index is 12.0. The highest BCUT2D eigenvalue weighted by Gasteiger charge is 2.14. The minimum Gasteiger partial charge on any atom is -0.355 e. The van der Waals surface area contributed by atoms with Gasteiger partial charge < -0.3 is 10.6 Å². The molecule has 0 atom stereocenters. The van der Waals surface area contributed by atoms with Crippen LogP contribution in [0.2, 0.25) is 0 Å². The van der Waals surface area contributed by atoms with Crippen LogP contribution in [0.25, 0.3) is 11.3 Å². The van der Waals surface area contributed by atoms with Gasteiger partial charge in [-0.2, -0.15) is 5.10 Å². The van der Waals surface area contributed by atoms with Crippen molar-refractivity contribution in [1.29, 1.82) is 0 Å². The van der Waals surface area contributed by atoms with Gasteiger partial charge in [-0.1, -0.05) is 0 Å². The second-order valence-electron chi connectivity index (χ2n) is 6.78. The largest absolute Gasteiger partial charge is 0.355 e. The molecule has 2 aromatic heterocycles. The van der Waals surface area contributed by atoms with Gasteiger partial charge in [-0.05, 0) is 43.7 Å². The van der Waals surface area contributed by atoms with Crippen molar-refractivity contribution in [2.45, 2.75) is 32.2 Å². The zero-order chi connectivity index (χ0) is 21.2. The van der Waals surface area contributed by atoms with Crippen LogP contribution in [0.3, 0.4) is 0 Å². The Morgan fingerprint density at radius 1 is 1.21 bits per heavy atom. The number of hydrogen-bond donors (Lipinski definition) is 2. The van der Waals surface area contributed by atoms with Crippen molar-refractivity contribution in [1.82, 2.24) is 14.8 Å². The van der Waals surface area contributed by atoms with E-state index in [1.165, 1.54) is 13.2 Å². The number of aryl methyl sites for hydroxylation is 2. The molecule has 0 spiro atoms. The van der Waals surface area contributed by atoms with Gasteiger partial charge >= 0.3 is 0 Å². The molecule has 0 aliphatic carbocycles. The summed E-state index contributed by atoms with van der Waals surface area (Å²) < 4.78 is 25.8. The molecule has 0 aliphatic heterocycles. The first kappa shape index (κ1) is 20.5. The minimum atomic E-state index is -3.35. The first-order chi connectivity index (χ1) is 13.7. The van der Waals surface area contributed by atoms with E-state index in [0.29, 0.717) is 22.9 Å². The molecule has 0 unspecified atom stereocenters. The molecule has 29 heavy (non-hydrogen) atoms. The highest BCUT2D eigenvalue weighted by molar-refractivity contribution is 7.90. The number of anilines is 3. The summed E-state index contributed by atoms with van der Waals surface area (Å²) in [5, 5.41) is 10.4. The fraction of sp³-hybridized carbons (Fsp3) is 0.250. The van der Waals surface area contributed by atoms with E-state index in [9.17, 15) is 13.2 Å². The topological polar surface area (TPSA) is 106 Å². The Labute approximate surface area is 169 Å². The van der Waals surface area contributed by atoms with Gasteiger partial charge in [-0.25, -0.2) is 13.4 Å². The first-order valence-corrected chi connectivity index (χ1v) is 10.9. The number of benzene rings is 1. The average molecular weight is 414 g/mol. The lowest BCUT2D eigenvalue weighted by Gasteiger charge is -2.14. The van der Waals surface area contributed by atoms with Gasteiger partial charge in [0.05, 0.1) is 16.3 Å². The summed E-state index contributed by atoms with van der Waals surface area (Å²) in [4.78, 5) is 15.9. The van der Waals surface area contributed by atoms with Crippen LogP contribution in [0.15, 0.2) is 47.6 Å². The van der Waals surface area contributed by atoms with Crippen LogP contribution in [0, 0.1) is 6.92 Å². The number of aromatic nitrogens is 3. The van der Waals surface area contributed by atoms with Gasteiger partial charge in [0.1, 0.15) is 5.82 Å². The van der Waals surface area contributed by atoms with Crippen molar-refractivity contribution >= 4 is 32.9 Å². The van der Waals surface area contributed by atoms with Gasteiger partial charge in [-0.15, -0.1) is 0 Å². The lowest BCUT2D eigenvalue weighted by Crippen LogP contribution is -2.08. The third-order valence-corrected chi connectivity index (χ3v) is 5.30. The molecule has 2 heterocycles. The molecular formula is C20H23N5O3S. The number of hydrogen-bond acceptors (Lipinski definition) is 6. The Balaban J connectivity index is 2.08. The fourth-order valence-electron chi connectivity index (χ4n) is 2.88. The maximum Gasteiger partial charge on any atom is 0.222 e. The Morgan fingerprint density at radius 3 is 2.59 bits per heavy atom. The number of amides is 1. The SMILES string of the molecule is CCn1ccc(-c2cnc(NC(C)=O)cc2Nc2cc(C)cc(S(C)(=O)=O)c2)n1. The smallest absolute Gasteiger partial charge is 0.222 e. The maximum atomic E-state index is 12.0. The normalized spacial score (nSPS) is 11.3. The molecule has 0 aliphatic rings. The van der Waals surface area contributed by atoms with Crippen LogP contribution in [0.4, 0.5) is 17.2 Å². The first-order valence-electron chi connectivity index (χ1n) is 9.06. The van der Waals surface area contributed by atoms with E-state index in [4.69, 9.17) is 0 Å². The van der Waals surface area contributed by atoms with Crippen molar-refractivity contribution in [2.75, 3.05) is 16.9 Å². The van der Waals surface area contributed by atoms with Gasteiger partial charge in [0.25, 0.3) is 0 Å². The highest BCUT2D eigenvalue weighted by atomic mass is 32.2. The van der Waals surface area contributed by atoms with E-state index in [-0.39, 0.29) is 10.8 Å². The molecule has 2 N–H and O–H groups in total. The number of carbonyl (C=O) groups is 1. The molecule has 1 amide bonds. The molecule has 0 saturated carbocycles. The Kier molecular flexibility index (Phi) is 5.69. The van der Waals surface area contributed by atoms with Crippen LogP contribution in [0.1, 0.15) is 19.4 Å². The lowest BCUT2D eigenvalue weighted by molar-refractivity contribution is -0.114. The van der Waals surface area contributed by atoms with Crippen LogP contribution < -0.4 is 10.6 Å². The van der Waals surface area contributed by atoms with Gasteiger partial charge in [-0.3, -0.25) is 9.48 Å². The van der Waals surface area contributed by atoms with Crippen LogP contribution in [-0.4, -0.2) is 35.3 Å². The number of rotatable bonds is 6. The molecule has 3 rings (SSSR count). The molecule has 0 fully saturated rings. The van der Waals surface area contributed by atoms with E-state index in [0.717, 1.165) is 17.7 Å². The van der Waals surface area contributed by atoms with E-state index in [2.05, 4.69) is 20.7 Å². The molecular weight excluding hydrogens is 390 g/mol. The number of pyridine rings is 1. The van der Waals surface area contributed by atoms with E-state index < -0.39 is 9.84 Å². The predicted octanol–water partition coefficient (Wildman–Crippen LogP) is 3.38. The third kappa shape index (κ3) is 5.00. The van der Waals surface area contributed by atoms with E-state index in [1.807, 2.05) is 32.2 Å². The molecule has 1 aromatic carbocycles. The molecule has 3 aromatic rings. The van der Waals surface area contributed by atoms with Gasteiger partial charge in [0, 0.05) is 49.4 Å². The van der Waals surface area contributed by atoms with Crippen LogP contribution in [0.5, 0.6) is 0 Å². The number of carbonyl (C=O) groups excluding carboxylic acids is 1. The predicted molar refractivity (Wildman–Crippen MR) is 113 cm³/mol. The summed E-state index contributed by atoms with van der Waals surface area (Å²) in [6.07, 6.45) is 4.67. The van der Waals surface area contributed by atoms with E-state index >= 15 is 0 Å². The van der Waals surface area contributed by atoms with Crippen molar-refractivity contribution in [3.63, 3.8) is 0 Å². The zero-order valence-corrected chi connectivity index (χ0v) is 17.5. The Bertz CT molecular complexity index is 1170. The molecule has 9 heteroatoms. The summed E-state index contributed by atoms with van der Waals surface area (Å²) >= 11 is 0. The zero-order valence-electron chi connectivity index (χ0n) is 16.7. The van der Waals surface area contributed by atoms with Crippen LogP contribution in [-0.2, 0) is 21.2 Å². The summed E-state index contributed by atoms with van der Waals surface area (Å²) in [5.74, 6) is 0.149. The average Bonchev–Trinajstić information content (AvgIpc) is 3.09. The molecule has 0 radical (unpaired) electrons. The van der Waals surface area contributed by atoms with Gasteiger partial charge in [0.2, 0.25) is 5.91 Å². The van der Waals surface area contributed by atoms with E-state index in [1.54, 1.807) is 29.1 Å². The summed E-state index contributed by atoms with van der Waals surface area (Å²) in [6.45, 7) is 5.97. The standard InChI is InChI=1S/C20H23N5O3S/c1-5-25-7-6-18(24-25)17-12-21-20(22-14(3)26)11-19(17)23-15-8-13(2)9-16(10-15)29(4,27)28/h6-12H,5H2,1-4H3,(H2,21,22,23,26). The van der Waals surface area contributed by atoms with Crippen molar-refractivity contribution in [3.05, 3.63) is 48.3 Å². The highest BCUT2D eigenvalue weighted by Crippen LogP contribution is 2.31. The minimum absolute atomic E-state index is 0.230. The van der Waals surface area contributed by atoms with Crippen LogP contribution >= 0.6 is 0 Å².